The molecule has 0 radical (unpaired) electrons. The highest BCUT2D eigenvalue weighted by molar-refractivity contribution is 7.89. The van der Waals surface area contributed by atoms with E-state index in [1.807, 2.05) is 0 Å². The maximum Gasteiger partial charge on any atom is 0.325 e. The average molecular weight is 330 g/mol. The smallest absolute Gasteiger partial charge is 0.325 e. The molecule has 2 heterocycles. The molecule has 1 amide bonds. The van der Waals surface area contributed by atoms with Gasteiger partial charge in [-0.15, -0.1) is 0 Å². The minimum Gasteiger partial charge on any atom is -0.480 e. The van der Waals surface area contributed by atoms with Crippen LogP contribution in [0.2, 0.25) is 0 Å². The third-order valence-corrected chi connectivity index (χ3v) is 5.50. The summed E-state index contributed by atoms with van der Waals surface area (Å²) in [6.45, 7) is 3.66. The summed E-state index contributed by atoms with van der Waals surface area (Å²) >= 11 is 0. The van der Waals surface area contributed by atoms with E-state index in [-0.39, 0.29) is 16.4 Å². The fraction of sp³-hybridized carbons (Fsp3) is 0.538. The first kappa shape index (κ1) is 16.5. The van der Waals surface area contributed by atoms with Crippen molar-refractivity contribution in [3.63, 3.8) is 0 Å². The number of aryl methyl sites for hydroxylation is 1. The molecule has 122 valence electrons. The van der Waals surface area contributed by atoms with Crippen LogP contribution in [-0.4, -0.2) is 48.8 Å². The molecule has 0 bridgehead atoms. The van der Waals surface area contributed by atoms with E-state index in [4.69, 9.17) is 9.52 Å². The predicted octanol–water partition coefficient (Wildman–Crippen LogP) is 0.575. The van der Waals surface area contributed by atoms with Crippen molar-refractivity contribution >= 4 is 21.9 Å². The topological polar surface area (TPSA) is 117 Å². The van der Waals surface area contributed by atoms with Crippen molar-refractivity contribution in [2.45, 2.75) is 37.6 Å². The van der Waals surface area contributed by atoms with Crippen molar-refractivity contribution in [1.82, 2.24) is 9.62 Å². The second-order valence-corrected chi connectivity index (χ2v) is 7.08. The highest BCUT2D eigenvalue weighted by Crippen LogP contribution is 2.26. The molecule has 1 aromatic heterocycles. The molecule has 0 unspecified atom stereocenters. The molecule has 0 saturated carbocycles. The second-order valence-electron chi connectivity index (χ2n) is 5.18. The van der Waals surface area contributed by atoms with Gasteiger partial charge in [-0.25, -0.2) is 8.42 Å². The molecule has 9 heteroatoms. The Hall–Kier alpha value is -1.87. The number of furan rings is 1. The van der Waals surface area contributed by atoms with E-state index in [1.165, 1.54) is 18.2 Å². The molecule has 0 aliphatic carbocycles. The van der Waals surface area contributed by atoms with E-state index in [2.05, 4.69) is 5.32 Å². The molecule has 0 spiro atoms. The van der Waals surface area contributed by atoms with Crippen molar-refractivity contribution in [2.75, 3.05) is 13.1 Å². The fourth-order valence-corrected chi connectivity index (χ4v) is 3.91. The maximum atomic E-state index is 12.5. The molecule has 0 aromatic carbocycles. The maximum absolute atomic E-state index is 12.5. The molecular formula is C13H18N2O6S. The first-order chi connectivity index (χ1) is 10.2. The number of carbonyl (C=O) groups excluding carboxylic acids is 1. The lowest BCUT2D eigenvalue weighted by molar-refractivity contribution is -0.138. The summed E-state index contributed by atoms with van der Waals surface area (Å²) in [6.07, 6.45) is 1.61. The minimum atomic E-state index is -3.68. The van der Waals surface area contributed by atoms with Gasteiger partial charge in [0.1, 0.15) is 16.7 Å². The van der Waals surface area contributed by atoms with Gasteiger partial charge in [0.2, 0.25) is 10.0 Å². The van der Waals surface area contributed by atoms with E-state index >= 15 is 0 Å². The highest BCUT2D eigenvalue weighted by Gasteiger charge is 2.32. The molecule has 8 nitrogen and oxygen atoms in total. The van der Waals surface area contributed by atoms with Gasteiger partial charge in [0.25, 0.3) is 5.91 Å². The molecule has 1 atom stereocenters. The van der Waals surface area contributed by atoms with Crippen molar-refractivity contribution in [2.24, 2.45) is 0 Å². The number of amides is 1. The lowest BCUT2D eigenvalue weighted by Crippen LogP contribution is -2.38. The zero-order valence-corrected chi connectivity index (χ0v) is 13.1. The van der Waals surface area contributed by atoms with Gasteiger partial charge in [0, 0.05) is 19.2 Å². The Kier molecular flexibility index (Phi) is 4.57. The van der Waals surface area contributed by atoms with Crippen LogP contribution in [0.5, 0.6) is 0 Å². The Labute approximate surface area is 128 Å². The largest absolute Gasteiger partial charge is 0.480 e. The number of carboxylic acids is 1. The van der Waals surface area contributed by atoms with Crippen LogP contribution >= 0.6 is 0 Å². The van der Waals surface area contributed by atoms with Gasteiger partial charge in [-0.2, -0.15) is 4.31 Å². The van der Waals surface area contributed by atoms with Gasteiger partial charge in [-0.1, -0.05) is 0 Å². The van der Waals surface area contributed by atoms with E-state index in [9.17, 15) is 18.0 Å². The van der Waals surface area contributed by atoms with Gasteiger partial charge >= 0.3 is 5.97 Å². The molecule has 2 N–H and O–H groups in total. The van der Waals surface area contributed by atoms with Gasteiger partial charge in [0.15, 0.2) is 5.76 Å². The van der Waals surface area contributed by atoms with Crippen molar-refractivity contribution in [3.05, 3.63) is 17.6 Å². The van der Waals surface area contributed by atoms with Crippen molar-refractivity contribution < 1.29 is 27.5 Å². The Morgan fingerprint density at radius 2 is 1.95 bits per heavy atom. The lowest BCUT2D eigenvalue weighted by atomic mass is 10.3. The van der Waals surface area contributed by atoms with Crippen LogP contribution < -0.4 is 5.32 Å². The van der Waals surface area contributed by atoms with Crippen LogP contribution in [-0.2, 0) is 14.8 Å². The van der Waals surface area contributed by atoms with Crippen molar-refractivity contribution in [1.29, 1.82) is 0 Å². The third-order valence-electron chi connectivity index (χ3n) is 3.50. The summed E-state index contributed by atoms with van der Waals surface area (Å²) in [5, 5.41) is 11.0. The minimum absolute atomic E-state index is 0.0532. The van der Waals surface area contributed by atoms with E-state index in [0.717, 1.165) is 18.9 Å². The first-order valence-electron chi connectivity index (χ1n) is 6.87. The predicted molar refractivity (Wildman–Crippen MR) is 76.0 cm³/mol. The molecule has 1 aromatic rings. The number of nitrogens with zero attached hydrogens (tertiary/aromatic N) is 1. The number of rotatable bonds is 5. The monoisotopic (exact) mass is 330 g/mol. The molecule has 2 rings (SSSR count). The number of nitrogens with one attached hydrogen (secondary N) is 1. The summed E-state index contributed by atoms with van der Waals surface area (Å²) in [4.78, 5) is 22.6. The Morgan fingerprint density at radius 1 is 1.36 bits per heavy atom. The van der Waals surface area contributed by atoms with Gasteiger partial charge < -0.3 is 14.8 Å². The Balaban J connectivity index is 2.24. The summed E-state index contributed by atoms with van der Waals surface area (Å²) in [5.41, 5.74) is 0. The Bertz CT molecular complexity index is 687. The van der Waals surface area contributed by atoms with Crippen LogP contribution in [0, 0.1) is 6.92 Å². The molecular weight excluding hydrogens is 312 g/mol. The number of sulfonamides is 1. The van der Waals surface area contributed by atoms with E-state index in [1.54, 1.807) is 0 Å². The number of aliphatic carboxylic acids is 1. The number of carboxylic acid groups (broad SMARTS) is 1. The fourth-order valence-electron chi connectivity index (χ4n) is 2.23. The summed E-state index contributed by atoms with van der Waals surface area (Å²) < 4.78 is 31.5. The Morgan fingerprint density at radius 3 is 2.50 bits per heavy atom. The molecule has 1 saturated heterocycles. The molecule has 22 heavy (non-hydrogen) atoms. The van der Waals surface area contributed by atoms with E-state index < -0.39 is 27.9 Å². The van der Waals surface area contributed by atoms with Crippen molar-refractivity contribution in [3.8, 4) is 0 Å². The van der Waals surface area contributed by atoms with Crippen LogP contribution in [0.15, 0.2) is 15.4 Å². The SMILES string of the molecule is Cc1oc(C(=O)N[C@@H](C)C(=O)O)cc1S(=O)(=O)N1CCCC1. The van der Waals surface area contributed by atoms with Crippen LogP contribution in [0.25, 0.3) is 0 Å². The summed E-state index contributed by atoms with van der Waals surface area (Å²) in [5.74, 6) is -2.06. The molecule has 1 fully saturated rings. The van der Waals surface area contributed by atoms with Gasteiger partial charge in [-0.05, 0) is 26.7 Å². The first-order valence-corrected chi connectivity index (χ1v) is 8.31. The zero-order chi connectivity index (χ0) is 16.5. The average Bonchev–Trinajstić information content (AvgIpc) is 3.07. The number of hydrogen-bond donors (Lipinski definition) is 2. The summed E-state index contributed by atoms with van der Waals surface area (Å²) in [7, 11) is -3.68. The standard InChI is InChI=1S/C13H18N2O6S/c1-8(13(17)18)14-12(16)10-7-11(9(2)21-10)22(19,20)15-5-3-4-6-15/h7-8H,3-6H2,1-2H3,(H,14,16)(H,17,18)/t8-/m0/s1. The normalized spacial score (nSPS) is 17.4. The van der Waals surface area contributed by atoms with Crippen LogP contribution in [0.3, 0.4) is 0 Å². The second kappa shape index (κ2) is 6.09. The van der Waals surface area contributed by atoms with Gasteiger partial charge in [-0.3, -0.25) is 9.59 Å². The van der Waals surface area contributed by atoms with Crippen LogP contribution in [0.4, 0.5) is 0 Å². The quantitative estimate of drug-likeness (QED) is 0.815. The van der Waals surface area contributed by atoms with Crippen LogP contribution in [0.1, 0.15) is 36.1 Å². The van der Waals surface area contributed by atoms with E-state index in [0.29, 0.717) is 13.1 Å². The zero-order valence-electron chi connectivity index (χ0n) is 12.3. The highest BCUT2D eigenvalue weighted by atomic mass is 32.2. The third kappa shape index (κ3) is 3.14. The molecule has 1 aliphatic rings. The van der Waals surface area contributed by atoms with Gasteiger partial charge in [0.05, 0.1) is 0 Å². The number of hydrogen-bond acceptors (Lipinski definition) is 5. The lowest BCUT2D eigenvalue weighted by Gasteiger charge is -2.14. The number of carbonyl (C=O) groups is 2. The summed E-state index contributed by atoms with van der Waals surface area (Å²) in [6, 6.07) is 0.0453. The molecule has 1 aliphatic heterocycles.